The molecule has 0 aliphatic heterocycles. The fourth-order valence-corrected chi connectivity index (χ4v) is 3.83. The quantitative estimate of drug-likeness (QED) is 0.871. The number of nitrogens with one attached hydrogen (secondary N) is 1. The van der Waals surface area contributed by atoms with Crippen LogP contribution in [-0.2, 0) is 14.8 Å². The molecule has 0 unspecified atom stereocenters. The fraction of sp³-hybridized carbons (Fsp3) is 0.235. The van der Waals surface area contributed by atoms with Gasteiger partial charge < -0.3 is 10.1 Å². The van der Waals surface area contributed by atoms with Gasteiger partial charge in [-0.25, -0.2) is 8.42 Å². The van der Waals surface area contributed by atoms with Crippen molar-refractivity contribution in [2.45, 2.75) is 18.7 Å². The van der Waals surface area contributed by atoms with Gasteiger partial charge in [0, 0.05) is 19.2 Å². The molecule has 2 aromatic carbocycles. The van der Waals surface area contributed by atoms with E-state index in [1.807, 2.05) is 0 Å². The molecule has 7 heteroatoms. The minimum atomic E-state index is -3.74. The molecule has 0 saturated carbocycles. The van der Waals surface area contributed by atoms with E-state index in [-0.39, 0.29) is 17.3 Å². The van der Waals surface area contributed by atoms with Crippen LogP contribution in [0.3, 0.4) is 0 Å². The highest BCUT2D eigenvalue weighted by Gasteiger charge is 2.25. The van der Waals surface area contributed by atoms with Gasteiger partial charge in [-0.15, -0.1) is 0 Å². The second-order valence-electron chi connectivity index (χ2n) is 5.05. The minimum Gasteiger partial charge on any atom is -0.495 e. The highest BCUT2D eigenvalue weighted by molar-refractivity contribution is 7.92. The molecule has 0 spiro atoms. The number of anilines is 2. The average Bonchev–Trinajstić information content (AvgIpc) is 2.55. The molecule has 6 nitrogen and oxygen atoms in total. The van der Waals surface area contributed by atoms with Gasteiger partial charge in [-0.1, -0.05) is 12.1 Å². The van der Waals surface area contributed by atoms with Crippen LogP contribution in [0.2, 0.25) is 0 Å². The van der Waals surface area contributed by atoms with Gasteiger partial charge in [0.25, 0.3) is 10.0 Å². The van der Waals surface area contributed by atoms with Gasteiger partial charge in [0.2, 0.25) is 5.91 Å². The van der Waals surface area contributed by atoms with Gasteiger partial charge >= 0.3 is 0 Å². The summed E-state index contributed by atoms with van der Waals surface area (Å²) in [6.07, 6.45) is 0. The molecule has 2 rings (SSSR count). The number of hydrogen-bond acceptors (Lipinski definition) is 4. The predicted molar refractivity (Wildman–Crippen MR) is 93.9 cm³/mol. The van der Waals surface area contributed by atoms with Gasteiger partial charge in [0.1, 0.15) is 5.75 Å². The Kier molecular flexibility index (Phi) is 5.46. The van der Waals surface area contributed by atoms with E-state index in [2.05, 4.69) is 5.32 Å². The summed E-state index contributed by atoms with van der Waals surface area (Å²) < 4.78 is 32.5. The zero-order valence-electron chi connectivity index (χ0n) is 13.8. The smallest absolute Gasteiger partial charge is 0.264 e. The van der Waals surface area contributed by atoms with E-state index in [0.717, 1.165) is 0 Å². The maximum absolute atomic E-state index is 12.9. The molecule has 0 fully saturated rings. The molecule has 1 N–H and O–H groups in total. The number of carbonyl (C=O) groups is 1. The lowest BCUT2D eigenvalue weighted by Crippen LogP contribution is -2.31. The fourth-order valence-electron chi connectivity index (χ4n) is 2.35. The first-order chi connectivity index (χ1) is 11.4. The summed E-state index contributed by atoms with van der Waals surface area (Å²) in [6.45, 7) is 3.41. The molecule has 0 bridgehead atoms. The van der Waals surface area contributed by atoms with Crippen molar-refractivity contribution >= 4 is 27.3 Å². The van der Waals surface area contributed by atoms with Gasteiger partial charge in [-0.05, 0) is 43.3 Å². The van der Waals surface area contributed by atoms with Gasteiger partial charge in [-0.3, -0.25) is 9.10 Å². The Bertz CT molecular complexity index is 817. The first-order valence-electron chi connectivity index (χ1n) is 7.43. The second kappa shape index (κ2) is 7.35. The molecule has 0 atom stereocenters. The number of amides is 1. The van der Waals surface area contributed by atoms with Crippen molar-refractivity contribution < 1.29 is 17.9 Å². The average molecular weight is 348 g/mol. The van der Waals surface area contributed by atoms with E-state index in [0.29, 0.717) is 17.1 Å². The third kappa shape index (κ3) is 3.68. The molecule has 0 radical (unpaired) electrons. The van der Waals surface area contributed by atoms with Crippen molar-refractivity contribution in [3.8, 4) is 5.75 Å². The molecular weight excluding hydrogens is 328 g/mol. The lowest BCUT2D eigenvalue weighted by atomic mass is 10.3. The third-order valence-electron chi connectivity index (χ3n) is 3.40. The molecule has 128 valence electrons. The van der Waals surface area contributed by atoms with Crippen LogP contribution in [0.1, 0.15) is 13.8 Å². The predicted octanol–water partition coefficient (Wildman–Crippen LogP) is 2.87. The molecule has 0 aromatic heterocycles. The molecule has 0 aliphatic carbocycles. The Hall–Kier alpha value is -2.54. The van der Waals surface area contributed by atoms with E-state index in [9.17, 15) is 13.2 Å². The number of para-hydroxylation sites is 2. The van der Waals surface area contributed by atoms with Gasteiger partial charge in [-0.2, -0.15) is 0 Å². The van der Waals surface area contributed by atoms with E-state index >= 15 is 0 Å². The van der Waals surface area contributed by atoms with Crippen molar-refractivity contribution in [1.82, 2.24) is 0 Å². The van der Waals surface area contributed by atoms with E-state index in [4.69, 9.17) is 4.74 Å². The molecule has 24 heavy (non-hydrogen) atoms. The zero-order valence-corrected chi connectivity index (χ0v) is 14.6. The monoisotopic (exact) mass is 348 g/mol. The summed E-state index contributed by atoms with van der Waals surface area (Å²) in [6, 6.07) is 13.0. The van der Waals surface area contributed by atoms with E-state index in [1.165, 1.54) is 30.5 Å². The van der Waals surface area contributed by atoms with Crippen LogP contribution in [-0.4, -0.2) is 28.0 Å². The highest BCUT2D eigenvalue weighted by Crippen LogP contribution is 2.32. The normalized spacial score (nSPS) is 11.0. The van der Waals surface area contributed by atoms with Crippen LogP contribution in [0.5, 0.6) is 5.75 Å². The van der Waals surface area contributed by atoms with Crippen LogP contribution in [0.15, 0.2) is 53.4 Å². The van der Waals surface area contributed by atoms with Crippen LogP contribution < -0.4 is 14.4 Å². The minimum absolute atomic E-state index is 0.143. The summed E-state index contributed by atoms with van der Waals surface area (Å²) in [5.74, 6) is 0.271. The van der Waals surface area contributed by atoms with Crippen LogP contribution >= 0.6 is 0 Å². The summed E-state index contributed by atoms with van der Waals surface area (Å²) in [5, 5.41) is 2.61. The molecule has 1 amide bonds. The summed E-state index contributed by atoms with van der Waals surface area (Å²) in [5.41, 5.74) is 1.02. The number of hydrogen-bond donors (Lipinski definition) is 1. The zero-order chi connectivity index (χ0) is 17.7. The van der Waals surface area contributed by atoms with Gasteiger partial charge in [0.05, 0.1) is 17.7 Å². The van der Waals surface area contributed by atoms with Crippen molar-refractivity contribution in [1.29, 1.82) is 0 Å². The first-order valence-corrected chi connectivity index (χ1v) is 8.87. The largest absolute Gasteiger partial charge is 0.495 e. The topological polar surface area (TPSA) is 75.7 Å². The third-order valence-corrected chi connectivity index (χ3v) is 5.31. The number of carbonyl (C=O) groups excluding carboxylic acids is 1. The lowest BCUT2D eigenvalue weighted by molar-refractivity contribution is -0.114. The number of sulfonamides is 1. The van der Waals surface area contributed by atoms with Crippen molar-refractivity contribution in [3.05, 3.63) is 48.5 Å². The van der Waals surface area contributed by atoms with E-state index < -0.39 is 10.0 Å². The molecular formula is C17H20N2O4S. The molecule has 0 heterocycles. The summed E-state index contributed by atoms with van der Waals surface area (Å²) in [7, 11) is -2.24. The first kappa shape index (κ1) is 17.8. The molecule has 0 aliphatic rings. The Balaban J connectivity index is 2.41. The van der Waals surface area contributed by atoms with Crippen LogP contribution in [0.25, 0.3) is 0 Å². The Morgan fingerprint density at radius 3 is 2.29 bits per heavy atom. The van der Waals surface area contributed by atoms with Crippen LogP contribution in [0.4, 0.5) is 11.4 Å². The SMILES string of the molecule is CCN(c1ccccc1OC)S(=O)(=O)c1ccc(NC(C)=O)cc1. The standard InChI is InChI=1S/C17H20N2O4S/c1-4-19(16-7-5-6-8-17(16)23-3)24(21,22)15-11-9-14(10-12-15)18-13(2)20/h5-12H,4H2,1-3H3,(H,18,20). The van der Waals surface area contributed by atoms with Crippen LogP contribution in [0, 0.1) is 0 Å². The van der Waals surface area contributed by atoms with E-state index in [1.54, 1.807) is 43.3 Å². The number of nitrogens with zero attached hydrogens (tertiary/aromatic N) is 1. The maximum atomic E-state index is 12.9. The van der Waals surface area contributed by atoms with Crippen molar-refractivity contribution in [2.75, 3.05) is 23.3 Å². The number of benzene rings is 2. The summed E-state index contributed by atoms with van der Waals surface area (Å²) in [4.78, 5) is 11.2. The Morgan fingerprint density at radius 1 is 1.12 bits per heavy atom. The Morgan fingerprint density at radius 2 is 1.75 bits per heavy atom. The number of methoxy groups -OCH3 is 1. The number of ether oxygens (including phenoxy) is 1. The number of rotatable bonds is 6. The Labute approximate surface area is 142 Å². The highest BCUT2D eigenvalue weighted by atomic mass is 32.2. The van der Waals surface area contributed by atoms with Crippen molar-refractivity contribution in [2.24, 2.45) is 0 Å². The molecule has 0 saturated heterocycles. The second-order valence-corrected chi connectivity index (χ2v) is 6.91. The lowest BCUT2D eigenvalue weighted by Gasteiger charge is -2.24. The van der Waals surface area contributed by atoms with Crippen molar-refractivity contribution in [3.63, 3.8) is 0 Å². The molecule has 2 aromatic rings. The van der Waals surface area contributed by atoms with Gasteiger partial charge in [0.15, 0.2) is 0 Å². The summed E-state index contributed by atoms with van der Waals surface area (Å²) >= 11 is 0. The maximum Gasteiger partial charge on any atom is 0.264 e.